The molecule has 0 aliphatic heterocycles. The van der Waals surface area contributed by atoms with Gasteiger partial charge in [0.15, 0.2) is 11.6 Å². The summed E-state index contributed by atoms with van der Waals surface area (Å²) >= 11 is 7.10. The highest BCUT2D eigenvalue weighted by Crippen LogP contribution is 2.23. The van der Waals surface area contributed by atoms with Crippen LogP contribution in [0.3, 0.4) is 0 Å². The molecule has 7 nitrogen and oxygen atoms in total. The Hall–Kier alpha value is -3.23. The lowest BCUT2D eigenvalue weighted by molar-refractivity contribution is 0.103. The Labute approximate surface area is 163 Å². The number of carbonyl (C=O) groups is 1. The minimum atomic E-state index is -0.187. The molecule has 0 saturated heterocycles. The maximum atomic E-state index is 12.1. The molecule has 0 fully saturated rings. The number of hydrogen-bond acceptors (Lipinski definition) is 6. The molecule has 27 heavy (non-hydrogen) atoms. The van der Waals surface area contributed by atoms with Gasteiger partial charge in [-0.1, -0.05) is 11.6 Å². The first-order chi connectivity index (χ1) is 13.2. The van der Waals surface area contributed by atoms with Crippen molar-refractivity contribution in [3.63, 3.8) is 0 Å². The third-order valence-electron chi connectivity index (χ3n) is 3.60. The van der Waals surface area contributed by atoms with Crippen LogP contribution >= 0.6 is 22.9 Å². The third-order valence-corrected chi connectivity index (χ3v) is 4.83. The summed E-state index contributed by atoms with van der Waals surface area (Å²) in [6.07, 6.45) is 3.48. The van der Waals surface area contributed by atoms with Crippen molar-refractivity contribution in [2.45, 2.75) is 0 Å². The predicted molar refractivity (Wildman–Crippen MR) is 106 cm³/mol. The van der Waals surface area contributed by atoms with Gasteiger partial charge in [0.25, 0.3) is 5.91 Å². The van der Waals surface area contributed by atoms with Crippen molar-refractivity contribution in [2.75, 3.05) is 10.6 Å². The molecule has 0 saturated carbocycles. The lowest BCUT2D eigenvalue weighted by Gasteiger charge is -2.08. The van der Waals surface area contributed by atoms with Gasteiger partial charge in [0.2, 0.25) is 0 Å². The molecule has 4 aromatic rings. The first kappa shape index (κ1) is 17.2. The molecular weight excluding hydrogens is 384 g/mol. The SMILES string of the molecule is O=C(Nc1ccc(Nc2ccc(-n3cccn3)nn2)cc1)c1ccc(Cl)s1. The van der Waals surface area contributed by atoms with Crippen molar-refractivity contribution in [3.8, 4) is 5.82 Å². The van der Waals surface area contributed by atoms with Gasteiger partial charge in [-0.25, -0.2) is 4.68 Å². The van der Waals surface area contributed by atoms with Crippen LogP contribution in [0.15, 0.2) is 67.0 Å². The molecule has 4 rings (SSSR count). The van der Waals surface area contributed by atoms with Crippen LogP contribution in [0.4, 0.5) is 17.2 Å². The van der Waals surface area contributed by atoms with E-state index in [1.807, 2.05) is 30.3 Å². The molecular formula is C18H13ClN6OS. The molecule has 134 valence electrons. The highest BCUT2D eigenvalue weighted by Gasteiger charge is 2.09. The van der Waals surface area contributed by atoms with Gasteiger partial charge in [0.1, 0.15) is 0 Å². The number of nitrogens with zero attached hydrogens (tertiary/aromatic N) is 4. The Morgan fingerprint density at radius 2 is 1.81 bits per heavy atom. The second-order valence-corrected chi connectivity index (χ2v) is 7.20. The van der Waals surface area contributed by atoms with Gasteiger partial charge >= 0.3 is 0 Å². The van der Waals surface area contributed by atoms with Gasteiger partial charge in [-0.2, -0.15) is 5.10 Å². The molecule has 0 atom stereocenters. The van der Waals surface area contributed by atoms with E-state index >= 15 is 0 Å². The first-order valence-electron chi connectivity index (χ1n) is 7.95. The monoisotopic (exact) mass is 396 g/mol. The third kappa shape index (κ3) is 4.13. The molecule has 0 spiro atoms. The average molecular weight is 397 g/mol. The van der Waals surface area contributed by atoms with E-state index in [1.165, 1.54) is 11.3 Å². The first-order valence-corrected chi connectivity index (χ1v) is 9.14. The number of anilines is 3. The van der Waals surface area contributed by atoms with Crippen LogP contribution in [0.2, 0.25) is 4.34 Å². The Kier molecular flexibility index (Phi) is 4.82. The highest BCUT2D eigenvalue weighted by molar-refractivity contribution is 7.18. The molecule has 0 bridgehead atoms. The van der Waals surface area contributed by atoms with E-state index < -0.39 is 0 Å². The van der Waals surface area contributed by atoms with Crippen molar-refractivity contribution >= 4 is 46.0 Å². The zero-order chi connectivity index (χ0) is 18.6. The van der Waals surface area contributed by atoms with Crippen LogP contribution in [0, 0.1) is 0 Å². The lowest BCUT2D eigenvalue weighted by Crippen LogP contribution is -2.09. The highest BCUT2D eigenvalue weighted by atomic mass is 35.5. The molecule has 1 amide bonds. The molecule has 0 aliphatic rings. The second-order valence-electron chi connectivity index (χ2n) is 5.49. The summed E-state index contributed by atoms with van der Waals surface area (Å²) in [5, 5.41) is 18.4. The van der Waals surface area contributed by atoms with E-state index in [-0.39, 0.29) is 5.91 Å². The summed E-state index contributed by atoms with van der Waals surface area (Å²) in [5.74, 6) is 1.06. The molecule has 0 unspecified atom stereocenters. The minimum Gasteiger partial charge on any atom is -0.339 e. The Morgan fingerprint density at radius 1 is 1.00 bits per heavy atom. The van der Waals surface area contributed by atoms with Crippen molar-refractivity contribution in [1.29, 1.82) is 0 Å². The van der Waals surface area contributed by atoms with Crippen molar-refractivity contribution in [1.82, 2.24) is 20.0 Å². The second kappa shape index (κ2) is 7.56. The van der Waals surface area contributed by atoms with Crippen molar-refractivity contribution in [2.24, 2.45) is 0 Å². The number of carbonyl (C=O) groups excluding carboxylic acids is 1. The molecule has 3 aromatic heterocycles. The van der Waals surface area contributed by atoms with Crippen molar-refractivity contribution in [3.05, 3.63) is 76.2 Å². The zero-order valence-corrected chi connectivity index (χ0v) is 15.4. The van der Waals surface area contributed by atoms with Crippen molar-refractivity contribution < 1.29 is 4.79 Å². The largest absolute Gasteiger partial charge is 0.339 e. The van der Waals surface area contributed by atoms with Gasteiger partial charge in [-0.3, -0.25) is 4.79 Å². The molecule has 0 radical (unpaired) electrons. The number of nitrogens with one attached hydrogen (secondary N) is 2. The predicted octanol–water partition coefficient (Wildman–Crippen LogP) is 4.37. The number of aromatic nitrogens is 4. The van der Waals surface area contributed by atoms with Crippen LogP contribution in [0.25, 0.3) is 5.82 Å². The summed E-state index contributed by atoms with van der Waals surface area (Å²) in [4.78, 5) is 12.7. The van der Waals surface area contributed by atoms with Crippen LogP contribution < -0.4 is 10.6 Å². The fraction of sp³-hybridized carbons (Fsp3) is 0. The number of hydrogen-bond donors (Lipinski definition) is 2. The number of benzene rings is 1. The maximum absolute atomic E-state index is 12.1. The summed E-state index contributed by atoms with van der Waals surface area (Å²) in [6, 6.07) is 16.2. The maximum Gasteiger partial charge on any atom is 0.265 e. The van der Waals surface area contributed by atoms with E-state index in [0.717, 1.165) is 5.69 Å². The van der Waals surface area contributed by atoms with Crippen LogP contribution in [-0.4, -0.2) is 25.9 Å². The topological polar surface area (TPSA) is 84.7 Å². The van der Waals surface area contributed by atoms with Gasteiger partial charge in [0, 0.05) is 23.8 Å². The summed E-state index contributed by atoms with van der Waals surface area (Å²) in [5.41, 5.74) is 1.52. The summed E-state index contributed by atoms with van der Waals surface area (Å²) in [7, 11) is 0. The fourth-order valence-electron chi connectivity index (χ4n) is 2.33. The van der Waals surface area contributed by atoms with Crippen LogP contribution in [0.5, 0.6) is 0 Å². The molecule has 3 heterocycles. The van der Waals surface area contributed by atoms with E-state index in [1.54, 1.807) is 41.3 Å². The lowest BCUT2D eigenvalue weighted by atomic mass is 10.2. The molecule has 0 aliphatic carbocycles. The van der Waals surface area contributed by atoms with E-state index in [2.05, 4.69) is 25.9 Å². The van der Waals surface area contributed by atoms with Gasteiger partial charge in [-0.05, 0) is 54.6 Å². The van der Waals surface area contributed by atoms with E-state index in [9.17, 15) is 4.79 Å². The standard InChI is InChI=1S/C18H13ClN6OS/c19-15-7-6-14(27-15)18(26)22-13-4-2-12(3-5-13)21-16-8-9-17(24-23-16)25-11-1-10-20-25/h1-11H,(H,21,23)(H,22,26). The molecule has 2 N–H and O–H groups in total. The Bertz CT molecular complexity index is 1040. The summed E-state index contributed by atoms with van der Waals surface area (Å²) in [6.45, 7) is 0. The normalized spacial score (nSPS) is 10.6. The van der Waals surface area contributed by atoms with Crippen LogP contribution in [0.1, 0.15) is 9.67 Å². The average Bonchev–Trinajstić information content (AvgIpc) is 3.36. The van der Waals surface area contributed by atoms with Gasteiger partial charge in [-0.15, -0.1) is 21.5 Å². The fourth-order valence-corrected chi connectivity index (χ4v) is 3.27. The van der Waals surface area contributed by atoms with Gasteiger partial charge < -0.3 is 10.6 Å². The number of rotatable bonds is 5. The van der Waals surface area contributed by atoms with Gasteiger partial charge in [0.05, 0.1) is 9.21 Å². The zero-order valence-electron chi connectivity index (χ0n) is 13.8. The van der Waals surface area contributed by atoms with E-state index in [0.29, 0.717) is 26.5 Å². The van der Waals surface area contributed by atoms with E-state index in [4.69, 9.17) is 11.6 Å². The number of halogens is 1. The Balaban J connectivity index is 1.39. The summed E-state index contributed by atoms with van der Waals surface area (Å²) < 4.78 is 2.22. The van der Waals surface area contributed by atoms with Crippen LogP contribution in [-0.2, 0) is 0 Å². The molecule has 1 aromatic carbocycles. The Morgan fingerprint density at radius 3 is 2.44 bits per heavy atom. The quantitative estimate of drug-likeness (QED) is 0.523. The number of amides is 1. The number of thiophene rings is 1. The minimum absolute atomic E-state index is 0.187. The molecule has 9 heteroatoms. The smallest absolute Gasteiger partial charge is 0.265 e.